The van der Waals surface area contributed by atoms with Gasteiger partial charge in [-0.15, -0.1) is 10.2 Å². The lowest BCUT2D eigenvalue weighted by Crippen LogP contribution is -1.91. The molecule has 0 spiro atoms. The molecule has 4 heteroatoms. The van der Waals surface area contributed by atoms with E-state index in [4.69, 9.17) is 0 Å². The van der Waals surface area contributed by atoms with E-state index in [0.717, 1.165) is 11.4 Å². The van der Waals surface area contributed by atoms with Crippen molar-refractivity contribution in [1.82, 2.24) is 20.4 Å². The minimum atomic E-state index is 0.632. The molecule has 0 saturated carbocycles. The predicted molar refractivity (Wildman–Crippen MR) is 59.5 cm³/mol. The Labute approximate surface area is 93.8 Å². The fraction of sp³-hybridized carbons (Fsp3) is 0.167. The smallest absolute Gasteiger partial charge is 0.136 e. The monoisotopic (exact) mass is 210 g/mol. The van der Waals surface area contributed by atoms with Crippen LogP contribution in [0.3, 0.4) is 0 Å². The Morgan fingerprint density at radius 3 is 1.44 bits per heavy atom. The van der Waals surface area contributed by atoms with Gasteiger partial charge in [0.1, 0.15) is 11.4 Å². The van der Waals surface area contributed by atoms with Crippen molar-refractivity contribution in [2.24, 2.45) is 0 Å². The van der Waals surface area contributed by atoms with Gasteiger partial charge in [0, 0.05) is 0 Å². The number of rotatable bonds is 0. The van der Waals surface area contributed by atoms with Gasteiger partial charge in [-0.2, -0.15) is 10.2 Å². The van der Waals surface area contributed by atoms with Crippen LogP contribution in [-0.4, -0.2) is 20.4 Å². The zero-order valence-corrected chi connectivity index (χ0v) is 9.10. The maximum Gasteiger partial charge on any atom is 0.136 e. The maximum atomic E-state index is 3.94. The molecule has 16 heavy (non-hydrogen) atoms. The summed E-state index contributed by atoms with van der Waals surface area (Å²) in [4.78, 5) is 0. The second-order valence-electron chi connectivity index (χ2n) is 3.37. The SMILES string of the molecule is Cc1ccc(C#Cc2ccc(C)nn2)nn1. The molecular weight excluding hydrogens is 200 g/mol. The van der Waals surface area contributed by atoms with Crippen LogP contribution >= 0.6 is 0 Å². The van der Waals surface area contributed by atoms with Gasteiger partial charge in [-0.25, -0.2) is 0 Å². The van der Waals surface area contributed by atoms with Gasteiger partial charge >= 0.3 is 0 Å². The Bertz CT molecular complexity index is 482. The molecule has 0 unspecified atom stereocenters. The van der Waals surface area contributed by atoms with Gasteiger partial charge in [0.25, 0.3) is 0 Å². The minimum Gasteiger partial charge on any atom is -0.155 e. The topological polar surface area (TPSA) is 51.6 Å². The normalized spacial score (nSPS) is 9.38. The molecule has 4 nitrogen and oxygen atoms in total. The highest BCUT2D eigenvalue weighted by Gasteiger charge is 1.91. The largest absolute Gasteiger partial charge is 0.155 e. The summed E-state index contributed by atoms with van der Waals surface area (Å²) in [5, 5.41) is 15.7. The van der Waals surface area contributed by atoms with Gasteiger partial charge in [-0.05, 0) is 50.0 Å². The minimum absolute atomic E-state index is 0.632. The standard InChI is InChI=1S/C12H10N4/c1-9-3-5-11(15-13-9)7-8-12-6-4-10(2)14-16-12/h3-6H,1-2H3. The van der Waals surface area contributed by atoms with E-state index in [1.54, 1.807) is 0 Å². The molecule has 0 bridgehead atoms. The van der Waals surface area contributed by atoms with Crippen molar-refractivity contribution in [3.8, 4) is 11.8 Å². The van der Waals surface area contributed by atoms with Crippen LogP contribution in [-0.2, 0) is 0 Å². The molecule has 2 aromatic heterocycles. The summed E-state index contributed by atoms with van der Waals surface area (Å²) in [6.45, 7) is 3.77. The van der Waals surface area contributed by atoms with Crippen LogP contribution in [0.2, 0.25) is 0 Å². The first-order valence-electron chi connectivity index (χ1n) is 4.87. The van der Waals surface area contributed by atoms with Crippen LogP contribution in [0.4, 0.5) is 0 Å². The number of nitrogens with zero attached hydrogens (tertiary/aromatic N) is 4. The van der Waals surface area contributed by atoms with Crippen LogP contribution in [0.5, 0.6) is 0 Å². The van der Waals surface area contributed by atoms with E-state index < -0.39 is 0 Å². The van der Waals surface area contributed by atoms with Gasteiger partial charge in [0.2, 0.25) is 0 Å². The van der Waals surface area contributed by atoms with Crippen LogP contribution < -0.4 is 0 Å². The van der Waals surface area contributed by atoms with E-state index in [2.05, 4.69) is 32.2 Å². The Morgan fingerprint density at radius 2 is 1.12 bits per heavy atom. The Morgan fingerprint density at radius 1 is 0.688 bits per heavy atom. The third-order valence-electron chi connectivity index (χ3n) is 1.91. The van der Waals surface area contributed by atoms with Crippen molar-refractivity contribution in [1.29, 1.82) is 0 Å². The molecule has 2 aromatic rings. The molecular formula is C12H10N4. The number of aryl methyl sites for hydroxylation is 2. The molecule has 0 aromatic carbocycles. The molecule has 0 atom stereocenters. The Balaban J connectivity index is 2.21. The summed E-state index contributed by atoms with van der Waals surface area (Å²) >= 11 is 0. The van der Waals surface area contributed by atoms with Gasteiger partial charge < -0.3 is 0 Å². The second kappa shape index (κ2) is 4.49. The Hall–Kier alpha value is -2.28. The highest BCUT2D eigenvalue weighted by atomic mass is 15.1. The van der Waals surface area contributed by atoms with E-state index >= 15 is 0 Å². The molecule has 78 valence electrons. The zero-order valence-electron chi connectivity index (χ0n) is 9.10. The fourth-order valence-corrected chi connectivity index (χ4v) is 1.06. The van der Waals surface area contributed by atoms with E-state index in [-0.39, 0.29) is 0 Å². The van der Waals surface area contributed by atoms with E-state index in [9.17, 15) is 0 Å². The Kier molecular flexibility index (Phi) is 2.88. The van der Waals surface area contributed by atoms with Gasteiger partial charge in [-0.3, -0.25) is 0 Å². The molecule has 2 heterocycles. The fourth-order valence-electron chi connectivity index (χ4n) is 1.06. The number of aromatic nitrogens is 4. The lowest BCUT2D eigenvalue weighted by molar-refractivity contribution is 0.962. The molecule has 0 amide bonds. The quantitative estimate of drug-likeness (QED) is 0.615. The second-order valence-corrected chi connectivity index (χ2v) is 3.37. The van der Waals surface area contributed by atoms with Gasteiger partial charge in [-0.1, -0.05) is 0 Å². The lowest BCUT2D eigenvalue weighted by atomic mass is 10.3. The van der Waals surface area contributed by atoms with E-state index in [1.165, 1.54) is 0 Å². The zero-order chi connectivity index (χ0) is 11.4. The predicted octanol–water partition coefficient (Wildman–Crippen LogP) is 1.28. The highest BCUT2D eigenvalue weighted by molar-refractivity contribution is 5.35. The van der Waals surface area contributed by atoms with Crippen molar-refractivity contribution >= 4 is 0 Å². The van der Waals surface area contributed by atoms with Crippen molar-refractivity contribution in [3.63, 3.8) is 0 Å². The van der Waals surface area contributed by atoms with Crippen LogP contribution in [0.1, 0.15) is 22.8 Å². The van der Waals surface area contributed by atoms with Gasteiger partial charge in [0.05, 0.1) is 11.4 Å². The van der Waals surface area contributed by atoms with Crippen LogP contribution in [0, 0.1) is 25.7 Å². The average molecular weight is 210 g/mol. The average Bonchev–Trinajstić information content (AvgIpc) is 2.30. The summed E-state index contributed by atoms with van der Waals surface area (Å²) < 4.78 is 0. The molecule has 0 aliphatic rings. The lowest BCUT2D eigenvalue weighted by Gasteiger charge is -1.90. The summed E-state index contributed by atoms with van der Waals surface area (Å²) in [6.07, 6.45) is 0. The molecule has 0 N–H and O–H groups in total. The third kappa shape index (κ3) is 2.61. The molecule has 0 aliphatic carbocycles. The first-order chi connectivity index (χ1) is 7.74. The first kappa shape index (κ1) is 10.2. The summed E-state index contributed by atoms with van der Waals surface area (Å²) in [5.74, 6) is 5.76. The molecule has 0 aliphatic heterocycles. The van der Waals surface area contributed by atoms with Crippen LogP contribution in [0.15, 0.2) is 24.3 Å². The van der Waals surface area contributed by atoms with E-state index in [1.807, 2.05) is 38.1 Å². The van der Waals surface area contributed by atoms with Crippen molar-refractivity contribution in [2.45, 2.75) is 13.8 Å². The number of hydrogen-bond donors (Lipinski definition) is 0. The van der Waals surface area contributed by atoms with Crippen molar-refractivity contribution in [3.05, 3.63) is 47.0 Å². The first-order valence-corrected chi connectivity index (χ1v) is 4.87. The molecule has 2 rings (SSSR count). The highest BCUT2D eigenvalue weighted by Crippen LogP contribution is 1.95. The number of hydrogen-bond acceptors (Lipinski definition) is 4. The maximum absolute atomic E-state index is 3.94. The summed E-state index contributed by atoms with van der Waals surface area (Å²) in [5.41, 5.74) is 3.02. The molecule has 0 radical (unpaired) electrons. The van der Waals surface area contributed by atoms with Crippen molar-refractivity contribution in [2.75, 3.05) is 0 Å². The van der Waals surface area contributed by atoms with Gasteiger partial charge in [0.15, 0.2) is 0 Å². The molecule has 0 fully saturated rings. The molecule has 0 saturated heterocycles. The summed E-state index contributed by atoms with van der Waals surface area (Å²) in [6, 6.07) is 7.41. The van der Waals surface area contributed by atoms with Crippen LogP contribution in [0.25, 0.3) is 0 Å². The van der Waals surface area contributed by atoms with E-state index in [0.29, 0.717) is 11.4 Å². The van der Waals surface area contributed by atoms with Crippen molar-refractivity contribution < 1.29 is 0 Å². The summed E-state index contributed by atoms with van der Waals surface area (Å²) in [7, 11) is 0. The third-order valence-corrected chi connectivity index (χ3v) is 1.91.